The van der Waals surface area contributed by atoms with Crippen molar-refractivity contribution >= 4 is 22.4 Å². The first-order valence-electron chi connectivity index (χ1n) is 8.97. The molecule has 5 nitrogen and oxygen atoms in total. The zero-order valence-corrected chi connectivity index (χ0v) is 14.3. The van der Waals surface area contributed by atoms with Crippen LogP contribution >= 0.6 is 0 Å². The molecule has 4 heterocycles. The van der Waals surface area contributed by atoms with Gasteiger partial charge < -0.3 is 9.80 Å². The summed E-state index contributed by atoms with van der Waals surface area (Å²) in [4.78, 5) is 8.64. The Morgan fingerprint density at radius 2 is 1.81 bits per heavy atom. The quantitative estimate of drug-likeness (QED) is 0.722. The van der Waals surface area contributed by atoms with Gasteiger partial charge >= 0.3 is 0 Å². The zero-order chi connectivity index (χ0) is 17.7. The Kier molecular flexibility index (Phi) is 3.55. The SMILES string of the molecule is Fc1ccc(N2CC(F)C2)cc1-n1cc2cc(N3CCCC3)cnc2n1. The highest BCUT2D eigenvalue weighted by Crippen LogP contribution is 2.28. The van der Waals surface area contributed by atoms with Gasteiger partial charge in [-0.25, -0.2) is 18.4 Å². The van der Waals surface area contributed by atoms with Gasteiger partial charge in [0.05, 0.1) is 25.0 Å². The fourth-order valence-electron chi connectivity index (χ4n) is 3.68. The van der Waals surface area contributed by atoms with Gasteiger partial charge in [-0.2, -0.15) is 0 Å². The van der Waals surface area contributed by atoms with Crippen molar-refractivity contribution in [1.82, 2.24) is 14.8 Å². The molecule has 2 aliphatic rings. The Bertz CT molecular complexity index is 958. The summed E-state index contributed by atoms with van der Waals surface area (Å²) in [6.07, 6.45) is 5.23. The van der Waals surface area contributed by atoms with Crippen molar-refractivity contribution < 1.29 is 8.78 Å². The summed E-state index contributed by atoms with van der Waals surface area (Å²) in [6, 6.07) is 6.86. The number of hydrogen-bond donors (Lipinski definition) is 0. The van der Waals surface area contributed by atoms with Crippen LogP contribution < -0.4 is 9.80 Å². The summed E-state index contributed by atoms with van der Waals surface area (Å²) in [5.41, 5.74) is 2.83. The van der Waals surface area contributed by atoms with E-state index < -0.39 is 6.17 Å². The largest absolute Gasteiger partial charge is 0.370 e. The molecule has 0 aliphatic carbocycles. The maximum atomic E-state index is 14.4. The molecular weight excluding hydrogens is 336 g/mol. The fraction of sp³-hybridized carbons (Fsp3) is 0.368. The highest BCUT2D eigenvalue weighted by Gasteiger charge is 2.27. The molecule has 2 saturated heterocycles. The van der Waals surface area contributed by atoms with Crippen LogP contribution in [0.5, 0.6) is 0 Å². The lowest BCUT2D eigenvalue weighted by molar-refractivity contribution is 0.275. The standard InChI is InChI=1S/C19H19F2N5/c20-14-11-25(12-14)15-3-4-17(21)18(8-15)26-10-13-7-16(9-22-19(13)23-26)24-5-1-2-6-24/h3-4,7-10,14H,1-2,5-6,11-12H2. The second kappa shape index (κ2) is 5.93. The minimum atomic E-state index is -0.802. The van der Waals surface area contributed by atoms with E-state index in [1.165, 1.54) is 23.6 Å². The molecule has 2 fully saturated rings. The monoisotopic (exact) mass is 355 g/mol. The van der Waals surface area contributed by atoms with E-state index in [9.17, 15) is 8.78 Å². The van der Waals surface area contributed by atoms with Crippen molar-refractivity contribution in [3.63, 3.8) is 0 Å². The first kappa shape index (κ1) is 15.5. The molecule has 5 rings (SSSR count). The van der Waals surface area contributed by atoms with Crippen LogP contribution in [-0.4, -0.2) is 47.1 Å². The van der Waals surface area contributed by atoms with E-state index in [1.54, 1.807) is 18.3 Å². The van der Waals surface area contributed by atoms with Gasteiger partial charge in [0.15, 0.2) is 5.65 Å². The number of fused-ring (bicyclic) bond motifs is 1. The first-order valence-corrected chi connectivity index (χ1v) is 8.97. The van der Waals surface area contributed by atoms with E-state index in [0.717, 1.165) is 29.9 Å². The highest BCUT2D eigenvalue weighted by molar-refractivity contribution is 5.78. The van der Waals surface area contributed by atoms with E-state index >= 15 is 0 Å². The van der Waals surface area contributed by atoms with Gasteiger partial charge in [0.2, 0.25) is 0 Å². The van der Waals surface area contributed by atoms with Gasteiger partial charge in [0.25, 0.3) is 0 Å². The van der Waals surface area contributed by atoms with E-state index in [2.05, 4.69) is 21.0 Å². The van der Waals surface area contributed by atoms with Crippen LogP contribution in [0.15, 0.2) is 36.7 Å². The molecule has 26 heavy (non-hydrogen) atoms. The number of aromatic nitrogens is 3. The van der Waals surface area contributed by atoms with Gasteiger partial charge in [-0.15, -0.1) is 5.10 Å². The van der Waals surface area contributed by atoms with Crippen molar-refractivity contribution in [2.75, 3.05) is 36.0 Å². The molecule has 134 valence electrons. The summed E-state index contributed by atoms with van der Waals surface area (Å²) in [5, 5.41) is 5.31. The van der Waals surface area contributed by atoms with Crippen molar-refractivity contribution in [1.29, 1.82) is 0 Å². The lowest BCUT2D eigenvalue weighted by Crippen LogP contribution is -2.48. The fourth-order valence-corrected chi connectivity index (χ4v) is 3.68. The van der Waals surface area contributed by atoms with Crippen LogP contribution in [0.25, 0.3) is 16.7 Å². The van der Waals surface area contributed by atoms with Crippen LogP contribution in [0.1, 0.15) is 12.8 Å². The molecule has 0 radical (unpaired) electrons. The van der Waals surface area contributed by atoms with Crippen molar-refractivity contribution in [2.24, 2.45) is 0 Å². The van der Waals surface area contributed by atoms with E-state index in [1.807, 2.05) is 11.1 Å². The third kappa shape index (κ3) is 2.58. The van der Waals surface area contributed by atoms with Crippen molar-refractivity contribution in [2.45, 2.75) is 19.0 Å². The van der Waals surface area contributed by atoms with Gasteiger partial charge in [0.1, 0.15) is 17.7 Å². The molecule has 2 aliphatic heterocycles. The summed E-state index contributed by atoms with van der Waals surface area (Å²) < 4.78 is 29.0. The number of benzene rings is 1. The molecule has 0 atom stereocenters. The molecule has 3 aromatic rings. The number of anilines is 2. The first-order chi connectivity index (χ1) is 12.7. The average molecular weight is 355 g/mol. The number of hydrogen-bond acceptors (Lipinski definition) is 4. The van der Waals surface area contributed by atoms with Crippen LogP contribution in [0, 0.1) is 5.82 Å². The Morgan fingerprint density at radius 3 is 2.58 bits per heavy atom. The molecular formula is C19H19F2N5. The van der Waals surface area contributed by atoms with Crippen molar-refractivity contribution in [3.8, 4) is 5.69 Å². The summed E-state index contributed by atoms with van der Waals surface area (Å²) in [6.45, 7) is 2.80. The normalized spacial score (nSPS) is 17.9. The number of pyridine rings is 1. The molecule has 2 aromatic heterocycles. The minimum Gasteiger partial charge on any atom is -0.370 e. The Labute approximate surface area is 149 Å². The number of nitrogens with zero attached hydrogens (tertiary/aromatic N) is 5. The van der Waals surface area contributed by atoms with Crippen LogP contribution in [0.3, 0.4) is 0 Å². The van der Waals surface area contributed by atoms with Crippen LogP contribution in [-0.2, 0) is 0 Å². The van der Waals surface area contributed by atoms with Crippen LogP contribution in [0.4, 0.5) is 20.2 Å². The number of rotatable bonds is 3. The van der Waals surface area contributed by atoms with Gasteiger partial charge in [-0.3, -0.25) is 0 Å². The average Bonchev–Trinajstić information content (AvgIpc) is 3.28. The zero-order valence-electron chi connectivity index (χ0n) is 14.3. The summed E-state index contributed by atoms with van der Waals surface area (Å²) >= 11 is 0. The number of alkyl halides is 1. The molecule has 0 saturated carbocycles. The predicted molar refractivity (Wildman–Crippen MR) is 97.4 cm³/mol. The Morgan fingerprint density at radius 1 is 1.00 bits per heavy atom. The Hall–Kier alpha value is -2.70. The lowest BCUT2D eigenvalue weighted by Gasteiger charge is -2.36. The van der Waals surface area contributed by atoms with E-state index in [4.69, 9.17) is 0 Å². The van der Waals surface area contributed by atoms with Crippen LogP contribution in [0.2, 0.25) is 0 Å². The van der Waals surface area contributed by atoms with E-state index in [-0.39, 0.29) is 5.82 Å². The van der Waals surface area contributed by atoms with E-state index in [0.29, 0.717) is 24.4 Å². The maximum Gasteiger partial charge on any atom is 0.181 e. The maximum absolute atomic E-state index is 14.4. The molecule has 0 spiro atoms. The topological polar surface area (TPSA) is 37.2 Å². The highest BCUT2D eigenvalue weighted by atomic mass is 19.1. The third-order valence-corrected chi connectivity index (χ3v) is 5.19. The lowest BCUT2D eigenvalue weighted by atomic mass is 10.1. The van der Waals surface area contributed by atoms with Gasteiger partial charge in [0, 0.05) is 30.4 Å². The minimum absolute atomic E-state index is 0.352. The molecule has 7 heteroatoms. The summed E-state index contributed by atoms with van der Waals surface area (Å²) in [7, 11) is 0. The Balaban J connectivity index is 1.51. The van der Waals surface area contributed by atoms with Gasteiger partial charge in [-0.05, 0) is 37.1 Å². The van der Waals surface area contributed by atoms with Crippen molar-refractivity contribution in [3.05, 3.63) is 42.5 Å². The molecule has 0 bridgehead atoms. The summed E-state index contributed by atoms with van der Waals surface area (Å²) in [5.74, 6) is -0.362. The molecule has 0 amide bonds. The third-order valence-electron chi connectivity index (χ3n) is 5.19. The van der Waals surface area contributed by atoms with Gasteiger partial charge in [-0.1, -0.05) is 0 Å². The molecule has 0 unspecified atom stereocenters. The predicted octanol–water partition coefficient (Wildman–Crippen LogP) is 3.32. The number of halogens is 2. The smallest absolute Gasteiger partial charge is 0.181 e. The molecule has 1 aromatic carbocycles. The second-order valence-corrected chi connectivity index (χ2v) is 7.01. The molecule has 0 N–H and O–H groups in total. The second-order valence-electron chi connectivity index (χ2n) is 7.01.